The van der Waals surface area contributed by atoms with Crippen molar-refractivity contribution in [3.63, 3.8) is 0 Å². The molecule has 20 heavy (non-hydrogen) atoms. The highest BCUT2D eigenvalue weighted by atomic mass is 79.9. The minimum Gasteiger partial charge on any atom is -0.299 e. The van der Waals surface area contributed by atoms with Crippen LogP contribution in [0.3, 0.4) is 0 Å². The molecule has 1 unspecified atom stereocenters. The normalized spacial score (nSPS) is 20.1. The molecule has 0 aromatic heterocycles. The molecular formula is C17H25BrFN. The summed E-state index contributed by atoms with van der Waals surface area (Å²) in [7, 11) is 2.12. The summed E-state index contributed by atoms with van der Waals surface area (Å²) in [5.74, 6) is -0.0941. The van der Waals surface area contributed by atoms with Gasteiger partial charge in [-0.15, -0.1) is 0 Å². The molecule has 0 saturated heterocycles. The summed E-state index contributed by atoms with van der Waals surface area (Å²) in [6, 6.07) is 7.25. The van der Waals surface area contributed by atoms with Gasteiger partial charge in [0.15, 0.2) is 0 Å². The van der Waals surface area contributed by atoms with E-state index < -0.39 is 0 Å². The minimum absolute atomic E-state index is 0.0941. The van der Waals surface area contributed by atoms with Gasteiger partial charge in [0.25, 0.3) is 0 Å². The Balaban J connectivity index is 2.07. The Morgan fingerprint density at radius 2 is 1.90 bits per heavy atom. The topological polar surface area (TPSA) is 3.24 Å². The van der Waals surface area contributed by atoms with Gasteiger partial charge in [-0.1, -0.05) is 53.4 Å². The molecule has 0 aliphatic heterocycles. The number of hydrogen-bond donors (Lipinski definition) is 0. The first kappa shape index (κ1) is 16.0. The van der Waals surface area contributed by atoms with E-state index in [1.54, 1.807) is 12.1 Å². The van der Waals surface area contributed by atoms with Gasteiger partial charge in [-0.3, -0.25) is 4.90 Å². The standard InChI is InChI=1S/C17H25BrFN/c1-14(15-8-4-5-9-16(15)19)20(2)13-17(12-18)10-6-3-7-11-17/h4-5,8-9,14H,3,6-7,10-13H2,1-2H3. The third-order valence-corrected chi connectivity index (χ3v) is 5.99. The van der Waals surface area contributed by atoms with Gasteiger partial charge in [0.2, 0.25) is 0 Å². The maximum atomic E-state index is 13.9. The van der Waals surface area contributed by atoms with Crippen molar-refractivity contribution in [2.45, 2.75) is 45.1 Å². The van der Waals surface area contributed by atoms with E-state index in [-0.39, 0.29) is 11.9 Å². The van der Waals surface area contributed by atoms with Crippen LogP contribution < -0.4 is 0 Å². The minimum atomic E-state index is -0.0941. The Labute approximate surface area is 130 Å². The van der Waals surface area contributed by atoms with Gasteiger partial charge >= 0.3 is 0 Å². The lowest BCUT2D eigenvalue weighted by atomic mass is 9.75. The molecule has 1 aromatic rings. The maximum Gasteiger partial charge on any atom is 0.127 e. The van der Waals surface area contributed by atoms with Gasteiger partial charge < -0.3 is 0 Å². The molecule has 1 nitrogen and oxygen atoms in total. The Morgan fingerprint density at radius 3 is 2.50 bits per heavy atom. The lowest BCUT2D eigenvalue weighted by molar-refractivity contribution is 0.119. The largest absolute Gasteiger partial charge is 0.299 e. The van der Waals surface area contributed by atoms with Gasteiger partial charge in [0.05, 0.1) is 0 Å². The van der Waals surface area contributed by atoms with Crippen molar-refractivity contribution >= 4 is 15.9 Å². The quantitative estimate of drug-likeness (QED) is 0.668. The molecule has 3 heteroatoms. The van der Waals surface area contributed by atoms with Crippen molar-refractivity contribution in [1.82, 2.24) is 4.90 Å². The van der Waals surface area contributed by atoms with E-state index in [4.69, 9.17) is 0 Å². The summed E-state index contributed by atoms with van der Waals surface area (Å²) in [6.07, 6.45) is 6.58. The van der Waals surface area contributed by atoms with E-state index in [2.05, 4.69) is 34.8 Å². The van der Waals surface area contributed by atoms with Crippen molar-refractivity contribution < 1.29 is 4.39 Å². The van der Waals surface area contributed by atoms with Crippen LogP contribution in [-0.4, -0.2) is 23.8 Å². The first-order valence-electron chi connectivity index (χ1n) is 7.59. The summed E-state index contributed by atoms with van der Waals surface area (Å²) in [6.45, 7) is 3.14. The average molecular weight is 342 g/mol. The van der Waals surface area contributed by atoms with E-state index in [1.807, 2.05) is 12.1 Å². The number of hydrogen-bond acceptors (Lipinski definition) is 1. The van der Waals surface area contributed by atoms with Crippen molar-refractivity contribution in [3.8, 4) is 0 Å². The molecule has 112 valence electrons. The van der Waals surface area contributed by atoms with Crippen LogP contribution in [0.25, 0.3) is 0 Å². The number of alkyl halides is 1. The number of nitrogens with zero attached hydrogens (tertiary/aromatic N) is 1. The highest BCUT2D eigenvalue weighted by Crippen LogP contribution is 2.39. The molecule has 0 N–H and O–H groups in total. The monoisotopic (exact) mass is 341 g/mol. The van der Waals surface area contributed by atoms with Gasteiger partial charge in [-0.2, -0.15) is 0 Å². The summed E-state index contributed by atoms with van der Waals surface area (Å²) >= 11 is 3.72. The molecule has 1 atom stereocenters. The van der Waals surface area contributed by atoms with Gasteiger partial charge in [0.1, 0.15) is 5.82 Å². The van der Waals surface area contributed by atoms with Crippen molar-refractivity contribution in [2.75, 3.05) is 18.9 Å². The van der Waals surface area contributed by atoms with E-state index in [0.29, 0.717) is 5.41 Å². The van der Waals surface area contributed by atoms with E-state index in [0.717, 1.165) is 17.4 Å². The van der Waals surface area contributed by atoms with Gasteiger partial charge in [-0.05, 0) is 38.3 Å². The van der Waals surface area contributed by atoms with Crippen LogP contribution in [0.15, 0.2) is 24.3 Å². The molecular weight excluding hydrogens is 317 g/mol. The van der Waals surface area contributed by atoms with Crippen LogP contribution in [0, 0.1) is 11.2 Å². The van der Waals surface area contributed by atoms with Gasteiger partial charge in [-0.25, -0.2) is 4.39 Å². The highest BCUT2D eigenvalue weighted by molar-refractivity contribution is 9.09. The predicted molar refractivity (Wildman–Crippen MR) is 86.8 cm³/mol. The van der Waals surface area contributed by atoms with Gasteiger partial charge in [0, 0.05) is 23.5 Å². The second-order valence-corrected chi connectivity index (χ2v) is 6.87. The highest BCUT2D eigenvalue weighted by Gasteiger charge is 2.33. The molecule has 1 aromatic carbocycles. The van der Waals surface area contributed by atoms with E-state index in [9.17, 15) is 4.39 Å². The molecule has 1 aliphatic carbocycles. The Hall–Kier alpha value is -0.410. The van der Waals surface area contributed by atoms with Crippen LogP contribution in [0.2, 0.25) is 0 Å². The summed E-state index contributed by atoms with van der Waals surface area (Å²) in [5, 5.41) is 1.05. The fraction of sp³-hybridized carbons (Fsp3) is 0.647. The second-order valence-electron chi connectivity index (χ2n) is 6.31. The van der Waals surface area contributed by atoms with Crippen molar-refractivity contribution in [3.05, 3.63) is 35.6 Å². The predicted octanol–water partition coefficient (Wildman–Crippen LogP) is 5.16. The third-order valence-electron chi connectivity index (χ3n) is 4.80. The van der Waals surface area contributed by atoms with Crippen LogP contribution >= 0.6 is 15.9 Å². The molecule has 0 amide bonds. The first-order valence-corrected chi connectivity index (χ1v) is 8.71. The zero-order chi connectivity index (χ0) is 14.6. The van der Waals surface area contributed by atoms with Crippen molar-refractivity contribution in [1.29, 1.82) is 0 Å². The molecule has 1 fully saturated rings. The fourth-order valence-corrected chi connectivity index (χ4v) is 4.09. The van der Waals surface area contributed by atoms with Crippen molar-refractivity contribution in [2.24, 2.45) is 5.41 Å². The Morgan fingerprint density at radius 1 is 1.25 bits per heavy atom. The first-order chi connectivity index (χ1) is 9.58. The molecule has 0 spiro atoms. The number of benzene rings is 1. The zero-order valence-corrected chi connectivity index (χ0v) is 14.1. The molecule has 0 bridgehead atoms. The lowest BCUT2D eigenvalue weighted by Gasteiger charge is -2.40. The molecule has 1 saturated carbocycles. The summed E-state index contributed by atoms with van der Waals surface area (Å²) in [4.78, 5) is 2.31. The van der Waals surface area contributed by atoms with Crippen LogP contribution in [0.4, 0.5) is 4.39 Å². The summed E-state index contributed by atoms with van der Waals surface area (Å²) in [5.41, 5.74) is 1.17. The third kappa shape index (κ3) is 3.62. The Bertz CT molecular complexity index is 429. The maximum absolute atomic E-state index is 13.9. The SMILES string of the molecule is CC(c1ccccc1F)N(C)CC1(CBr)CCCCC1. The summed E-state index contributed by atoms with van der Waals surface area (Å²) < 4.78 is 13.9. The molecule has 0 radical (unpaired) electrons. The van der Waals surface area contributed by atoms with E-state index >= 15 is 0 Å². The molecule has 1 aliphatic rings. The van der Waals surface area contributed by atoms with Crippen LogP contribution in [0.5, 0.6) is 0 Å². The zero-order valence-electron chi connectivity index (χ0n) is 12.5. The number of rotatable bonds is 5. The fourth-order valence-electron chi connectivity index (χ4n) is 3.35. The smallest absolute Gasteiger partial charge is 0.127 e. The van der Waals surface area contributed by atoms with E-state index in [1.165, 1.54) is 32.1 Å². The van der Waals surface area contributed by atoms with Crippen LogP contribution in [-0.2, 0) is 0 Å². The average Bonchev–Trinajstić information content (AvgIpc) is 2.48. The Kier molecular flexibility index (Phi) is 5.62. The molecule has 0 heterocycles. The number of halogens is 2. The lowest BCUT2D eigenvalue weighted by Crippen LogP contribution is -2.39. The second kappa shape index (κ2) is 7.04. The van der Waals surface area contributed by atoms with Crippen LogP contribution in [0.1, 0.15) is 50.6 Å². The molecule has 2 rings (SSSR count).